The standard InChI is InChI=1S/C24H34N4O2/c1-19(20-7-5-4-6-8-20)17-26-24(25-2)27-18-23(28-13-15-30-16-14-28)21-9-11-22(29-3)12-10-21/h4-12,19,23H,13-18H2,1-3H3,(H2,25,26,27). The van der Waals surface area contributed by atoms with Crippen molar-refractivity contribution in [1.29, 1.82) is 0 Å². The number of guanidine groups is 1. The van der Waals surface area contributed by atoms with Crippen molar-refractivity contribution in [3.05, 3.63) is 65.7 Å². The maximum Gasteiger partial charge on any atom is 0.191 e. The quantitative estimate of drug-likeness (QED) is 0.518. The third kappa shape index (κ3) is 6.21. The van der Waals surface area contributed by atoms with Crippen molar-refractivity contribution in [3.63, 3.8) is 0 Å². The molecule has 2 aromatic carbocycles. The van der Waals surface area contributed by atoms with Gasteiger partial charge < -0.3 is 20.1 Å². The lowest BCUT2D eigenvalue weighted by Crippen LogP contribution is -2.46. The highest BCUT2D eigenvalue weighted by atomic mass is 16.5. The third-order valence-electron chi connectivity index (χ3n) is 5.62. The maximum atomic E-state index is 5.56. The lowest BCUT2D eigenvalue weighted by atomic mass is 10.0. The minimum Gasteiger partial charge on any atom is -0.497 e. The summed E-state index contributed by atoms with van der Waals surface area (Å²) < 4.78 is 10.9. The number of methoxy groups -OCH3 is 1. The van der Waals surface area contributed by atoms with Gasteiger partial charge in [0.25, 0.3) is 0 Å². The van der Waals surface area contributed by atoms with E-state index >= 15 is 0 Å². The molecule has 2 unspecified atom stereocenters. The van der Waals surface area contributed by atoms with Crippen molar-refractivity contribution in [2.45, 2.75) is 18.9 Å². The summed E-state index contributed by atoms with van der Waals surface area (Å²) in [4.78, 5) is 6.89. The number of morpholine rings is 1. The molecule has 0 amide bonds. The molecule has 1 aliphatic rings. The lowest BCUT2D eigenvalue weighted by molar-refractivity contribution is 0.0170. The Balaban J connectivity index is 1.61. The van der Waals surface area contributed by atoms with Crippen LogP contribution in [0.1, 0.15) is 30.0 Å². The number of nitrogens with one attached hydrogen (secondary N) is 2. The summed E-state index contributed by atoms with van der Waals surface area (Å²) in [6.07, 6.45) is 0. The number of benzene rings is 2. The predicted molar refractivity (Wildman–Crippen MR) is 122 cm³/mol. The molecule has 0 spiro atoms. The Morgan fingerprint density at radius 3 is 2.30 bits per heavy atom. The minimum atomic E-state index is 0.241. The van der Waals surface area contributed by atoms with Crippen LogP contribution in [-0.2, 0) is 4.74 Å². The van der Waals surface area contributed by atoms with E-state index in [1.165, 1.54) is 11.1 Å². The van der Waals surface area contributed by atoms with Crippen LogP contribution < -0.4 is 15.4 Å². The monoisotopic (exact) mass is 410 g/mol. The first-order valence-electron chi connectivity index (χ1n) is 10.7. The van der Waals surface area contributed by atoms with Gasteiger partial charge in [0.2, 0.25) is 0 Å². The van der Waals surface area contributed by atoms with E-state index in [9.17, 15) is 0 Å². The maximum absolute atomic E-state index is 5.56. The Hall–Kier alpha value is -2.57. The summed E-state index contributed by atoms with van der Waals surface area (Å²) in [5.74, 6) is 2.10. The fraction of sp³-hybridized carbons (Fsp3) is 0.458. The van der Waals surface area contributed by atoms with Gasteiger partial charge in [0.05, 0.1) is 26.4 Å². The molecule has 2 N–H and O–H groups in total. The first-order valence-corrected chi connectivity index (χ1v) is 10.7. The molecule has 0 saturated carbocycles. The summed E-state index contributed by atoms with van der Waals surface area (Å²) in [7, 11) is 3.52. The van der Waals surface area contributed by atoms with Crippen LogP contribution in [0.4, 0.5) is 0 Å². The molecule has 1 heterocycles. The highest BCUT2D eigenvalue weighted by molar-refractivity contribution is 5.79. The van der Waals surface area contributed by atoms with Gasteiger partial charge in [-0.3, -0.25) is 9.89 Å². The van der Waals surface area contributed by atoms with E-state index in [1.807, 2.05) is 19.2 Å². The van der Waals surface area contributed by atoms with E-state index in [1.54, 1.807) is 7.11 Å². The predicted octanol–water partition coefficient (Wildman–Crippen LogP) is 3.04. The normalized spacial score (nSPS) is 17.2. The van der Waals surface area contributed by atoms with Crippen LogP contribution in [0.25, 0.3) is 0 Å². The number of rotatable bonds is 8. The van der Waals surface area contributed by atoms with Gasteiger partial charge in [-0.1, -0.05) is 49.4 Å². The van der Waals surface area contributed by atoms with Crippen molar-refractivity contribution in [2.75, 3.05) is 53.6 Å². The second-order valence-electron chi connectivity index (χ2n) is 7.58. The van der Waals surface area contributed by atoms with Gasteiger partial charge in [0.1, 0.15) is 5.75 Å². The molecule has 0 aliphatic carbocycles. The Kier molecular flexibility index (Phi) is 8.53. The molecule has 6 heteroatoms. The Morgan fingerprint density at radius 1 is 1.00 bits per heavy atom. The molecular formula is C24H34N4O2. The van der Waals surface area contributed by atoms with Gasteiger partial charge in [-0.2, -0.15) is 0 Å². The van der Waals surface area contributed by atoms with E-state index in [0.717, 1.165) is 51.1 Å². The molecule has 1 aliphatic heterocycles. The summed E-state index contributed by atoms with van der Waals surface area (Å²) in [6.45, 7) is 7.22. The summed E-state index contributed by atoms with van der Waals surface area (Å²) in [5.41, 5.74) is 2.59. The number of hydrogen-bond acceptors (Lipinski definition) is 4. The summed E-state index contributed by atoms with van der Waals surface area (Å²) in [5, 5.41) is 7.00. The van der Waals surface area contributed by atoms with E-state index in [0.29, 0.717) is 5.92 Å². The molecule has 30 heavy (non-hydrogen) atoms. The largest absolute Gasteiger partial charge is 0.497 e. The van der Waals surface area contributed by atoms with Crippen LogP contribution in [0.5, 0.6) is 5.75 Å². The molecule has 1 saturated heterocycles. The van der Waals surface area contributed by atoms with Gasteiger partial charge >= 0.3 is 0 Å². The van der Waals surface area contributed by atoms with Crippen molar-refractivity contribution in [2.24, 2.45) is 4.99 Å². The summed E-state index contributed by atoms with van der Waals surface area (Å²) >= 11 is 0. The Labute approximate surface area is 180 Å². The van der Waals surface area contributed by atoms with Gasteiger partial charge in [0.15, 0.2) is 5.96 Å². The highest BCUT2D eigenvalue weighted by Gasteiger charge is 2.23. The molecule has 6 nitrogen and oxygen atoms in total. The fourth-order valence-corrected chi connectivity index (χ4v) is 3.74. The van der Waals surface area contributed by atoms with Crippen LogP contribution in [0.3, 0.4) is 0 Å². The summed E-state index contributed by atoms with van der Waals surface area (Å²) in [6, 6.07) is 19.1. The molecule has 2 atom stereocenters. The molecule has 2 aromatic rings. The Bertz CT molecular complexity index is 774. The molecule has 162 valence electrons. The average Bonchev–Trinajstić information content (AvgIpc) is 2.82. The van der Waals surface area contributed by atoms with Crippen molar-refractivity contribution in [3.8, 4) is 5.75 Å². The van der Waals surface area contributed by atoms with Gasteiger partial charge in [-0.15, -0.1) is 0 Å². The minimum absolute atomic E-state index is 0.241. The number of ether oxygens (including phenoxy) is 2. The SMILES string of the molecule is CN=C(NCC(C)c1ccccc1)NCC(c1ccc(OC)cc1)N1CCOCC1. The molecule has 1 fully saturated rings. The smallest absolute Gasteiger partial charge is 0.191 e. The molecule has 3 rings (SSSR count). The molecular weight excluding hydrogens is 376 g/mol. The van der Waals surface area contributed by atoms with E-state index in [4.69, 9.17) is 9.47 Å². The highest BCUT2D eigenvalue weighted by Crippen LogP contribution is 2.23. The van der Waals surface area contributed by atoms with Crippen molar-refractivity contribution >= 4 is 5.96 Å². The van der Waals surface area contributed by atoms with Crippen LogP contribution in [0, 0.1) is 0 Å². The third-order valence-corrected chi connectivity index (χ3v) is 5.62. The second-order valence-corrected chi connectivity index (χ2v) is 7.58. The zero-order valence-electron chi connectivity index (χ0n) is 18.3. The molecule has 0 bridgehead atoms. The second kappa shape index (κ2) is 11.6. The van der Waals surface area contributed by atoms with Crippen molar-refractivity contribution in [1.82, 2.24) is 15.5 Å². The molecule has 0 aromatic heterocycles. The van der Waals surface area contributed by atoms with Crippen LogP contribution >= 0.6 is 0 Å². The van der Waals surface area contributed by atoms with Crippen molar-refractivity contribution < 1.29 is 9.47 Å². The Morgan fingerprint density at radius 2 is 1.67 bits per heavy atom. The average molecular weight is 411 g/mol. The topological polar surface area (TPSA) is 58.1 Å². The number of hydrogen-bond donors (Lipinski definition) is 2. The van der Waals surface area contributed by atoms with Crippen LogP contribution in [0.15, 0.2) is 59.6 Å². The van der Waals surface area contributed by atoms with E-state index in [-0.39, 0.29) is 6.04 Å². The zero-order chi connectivity index (χ0) is 21.2. The number of nitrogens with zero attached hydrogens (tertiary/aromatic N) is 2. The fourth-order valence-electron chi connectivity index (χ4n) is 3.74. The van der Waals surface area contributed by atoms with Crippen LogP contribution in [-0.4, -0.2) is 64.4 Å². The van der Waals surface area contributed by atoms with E-state index in [2.05, 4.69) is 69.9 Å². The van der Waals surface area contributed by atoms with Gasteiger partial charge in [-0.25, -0.2) is 0 Å². The lowest BCUT2D eigenvalue weighted by Gasteiger charge is -2.35. The first-order chi connectivity index (χ1) is 14.7. The number of aliphatic imine (C=N–C) groups is 1. The van der Waals surface area contributed by atoms with Crippen LogP contribution in [0.2, 0.25) is 0 Å². The van der Waals surface area contributed by atoms with Gasteiger partial charge in [-0.05, 0) is 29.2 Å². The molecule has 0 radical (unpaired) electrons. The van der Waals surface area contributed by atoms with Gasteiger partial charge in [0, 0.05) is 33.2 Å². The van der Waals surface area contributed by atoms with E-state index < -0.39 is 0 Å². The first kappa shape index (κ1) is 22.1. The zero-order valence-corrected chi connectivity index (χ0v) is 18.3.